The standard InChI is InChI=1S/C19H17F2N9O/c20-19(21)11-29(4-3-18(19)1-2-18)15-9-24-13-7-26-30(17(13)28-15)10-16(31)27-14-8-23-12(5-22)6-25-14/h6-9H,1-4,10-11H2,(H,25,27,31). The van der Waals surface area contributed by atoms with Gasteiger partial charge in [0, 0.05) is 12.0 Å². The molecular formula is C19H17F2N9O. The van der Waals surface area contributed by atoms with Gasteiger partial charge in [-0.25, -0.2) is 33.4 Å². The van der Waals surface area contributed by atoms with Crippen LogP contribution >= 0.6 is 0 Å². The molecule has 0 atom stereocenters. The molecule has 4 heterocycles. The quantitative estimate of drug-likeness (QED) is 0.670. The number of anilines is 2. The third kappa shape index (κ3) is 3.41. The zero-order chi connectivity index (χ0) is 21.6. The van der Waals surface area contributed by atoms with Crippen molar-refractivity contribution in [3.05, 3.63) is 30.5 Å². The maximum absolute atomic E-state index is 14.6. The lowest BCUT2D eigenvalue weighted by atomic mass is 9.89. The third-order valence-electron chi connectivity index (χ3n) is 5.86. The molecule has 3 aromatic heterocycles. The number of aromatic nitrogens is 6. The van der Waals surface area contributed by atoms with Crippen molar-refractivity contribution in [1.29, 1.82) is 5.26 Å². The molecule has 0 unspecified atom stereocenters. The van der Waals surface area contributed by atoms with E-state index in [0.717, 1.165) is 0 Å². The highest BCUT2D eigenvalue weighted by molar-refractivity contribution is 5.90. The van der Waals surface area contributed by atoms with Crippen LogP contribution in [0.2, 0.25) is 0 Å². The number of nitriles is 1. The largest absolute Gasteiger partial charge is 0.349 e. The summed E-state index contributed by atoms with van der Waals surface area (Å²) in [5, 5.41) is 15.4. The number of alkyl halides is 2. The zero-order valence-corrected chi connectivity index (χ0v) is 16.3. The molecule has 5 rings (SSSR count). The van der Waals surface area contributed by atoms with Crippen molar-refractivity contribution in [3.63, 3.8) is 0 Å². The van der Waals surface area contributed by atoms with Gasteiger partial charge in [-0.2, -0.15) is 10.4 Å². The first-order chi connectivity index (χ1) is 14.9. The summed E-state index contributed by atoms with van der Waals surface area (Å²) in [5.74, 6) is -2.67. The topological polar surface area (TPSA) is 126 Å². The lowest BCUT2D eigenvalue weighted by Gasteiger charge is -2.39. The Morgan fingerprint density at radius 2 is 2.00 bits per heavy atom. The lowest BCUT2D eigenvalue weighted by molar-refractivity contribution is -0.116. The van der Waals surface area contributed by atoms with Crippen molar-refractivity contribution in [2.45, 2.75) is 31.7 Å². The molecule has 2 fully saturated rings. The number of piperidine rings is 1. The summed E-state index contributed by atoms with van der Waals surface area (Å²) in [4.78, 5) is 30.4. The number of fused-ring (bicyclic) bond motifs is 1. The SMILES string of the molecule is N#Cc1cnc(NC(=O)Cn2ncc3ncc(N4CCC5(CC5)C(F)(F)C4)nc32)cn1. The molecule has 12 heteroatoms. The predicted molar refractivity (Wildman–Crippen MR) is 104 cm³/mol. The van der Waals surface area contributed by atoms with Crippen LogP contribution in [-0.4, -0.2) is 54.6 Å². The highest BCUT2D eigenvalue weighted by Gasteiger charge is 2.63. The number of hydrogen-bond acceptors (Lipinski definition) is 8. The molecule has 2 aliphatic rings. The van der Waals surface area contributed by atoms with Crippen LogP contribution in [0.3, 0.4) is 0 Å². The number of rotatable bonds is 4. The molecule has 31 heavy (non-hydrogen) atoms. The molecule has 10 nitrogen and oxygen atoms in total. The van der Waals surface area contributed by atoms with Gasteiger partial charge in [0.05, 0.1) is 31.3 Å². The van der Waals surface area contributed by atoms with E-state index >= 15 is 0 Å². The molecule has 0 aromatic carbocycles. The van der Waals surface area contributed by atoms with Crippen LogP contribution in [0.15, 0.2) is 24.8 Å². The summed E-state index contributed by atoms with van der Waals surface area (Å²) < 4.78 is 30.5. The number of hydrogen-bond donors (Lipinski definition) is 1. The second kappa shape index (κ2) is 6.90. The number of nitrogens with zero attached hydrogens (tertiary/aromatic N) is 8. The van der Waals surface area contributed by atoms with Crippen LogP contribution in [0.5, 0.6) is 0 Å². The molecule has 1 N–H and O–H groups in total. The predicted octanol–water partition coefficient (Wildman–Crippen LogP) is 1.75. The smallest absolute Gasteiger partial charge is 0.270 e. The molecule has 1 aliphatic heterocycles. The summed E-state index contributed by atoms with van der Waals surface area (Å²) in [6.07, 6.45) is 7.02. The maximum Gasteiger partial charge on any atom is 0.270 e. The number of nitrogens with one attached hydrogen (secondary N) is 1. The van der Waals surface area contributed by atoms with E-state index in [4.69, 9.17) is 5.26 Å². The van der Waals surface area contributed by atoms with Gasteiger partial charge < -0.3 is 10.2 Å². The van der Waals surface area contributed by atoms with Crippen LogP contribution in [0.1, 0.15) is 25.0 Å². The first-order valence-electron chi connectivity index (χ1n) is 9.72. The first kappa shape index (κ1) is 19.2. The highest BCUT2D eigenvalue weighted by Crippen LogP contribution is 2.61. The van der Waals surface area contributed by atoms with E-state index < -0.39 is 17.2 Å². The van der Waals surface area contributed by atoms with Gasteiger partial charge in [-0.15, -0.1) is 0 Å². The van der Waals surface area contributed by atoms with Gasteiger partial charge in [-0.3, -0.25) is 4.79 Å². The van der Waals surface area contributed by atoms with Gasteiger partial charge in [0.1, 0.15) is 23.9 Å². The van der Waals surface area contributed by atoms with Gasteiger partial charge in [-0.1, -0.05) is 0 Å². The average Bonchev–Trinajstić information content (AvgIpc) is 3.46. The average molecular weight is 425 g/mol. The monoisotopic (exact) mass is 425 g/mol. The molecule has 1 saturated heterocycles. The maximum atomic E-state index is 14.6. The summed E-state index contributed by atoms with van der Waals surface area (Å²) in [6.45, 7) is -0.0798. The van der Waals surface area contributed by atoms with E-state index in [2.05, 4.69) is 30.4 Å². The second-order valence-electron chi connectivity index (χ2n) is 7.84. The van der Waals surface area contributed by atoms with E-state index in [1.807, 2.05) is 6.07 Å². The van der Waals surface area contributed by atoms with E-state index in [1.54, 1.807) is 4.90 Å². The van der Waals surface area contributed by atoms with Crippen LogP contribution in [-0.2, 0) is 11.3 Å². The summed E-state index contributed by atoms with van der Waals surface area (Å²) in [5.41, 5.74) is 0.0791. The minimum atomic E-state index is -2.76. The van der Waals surface area contributed by atoms with Gasteiger partial charge in [-0.05, 0) is 19.3 Å². The normalized spacial score (nSPS) is 18.7. The number of amides is 1. The molecule has 1 saturated carbocycles. The van der Waals surface area contributed by atoms with Crippen LogP contribution in [0, 0.1) is 16.7 Å². The molecule has 1 spiro atoms. The molecule has 1 amide bonds. The fourth-order valence-electron chi connectivity index (χ4n) is 3.86. The Labute approximate surface area is 174 Å². The van der Waals surface area contributed by atoms with Gasteiger partial charge in [0.15, 0.2) is 17.2 Å². The van der Waals surface area contributed by atoms with E-state index in [9.17, 15) is 13.6 Å². The van der Waals surface area contributed by atoms with E-state index in [1.165, 1.54) is 29.5 Å². The van der Waals surface area contributed by atoms with Crippen molar-refractivity contribution in [3.8, 4) is 6.07 Å². The molecule has 1 aliphatic carbocycles. The first-order valence-corrected chi connectivity index (χ1v) is 9.72. The summed E-state index contributed by atoms with van der Waals surface area (Å²) in [7, 11) is 0. The van der Waals surface area contributed by atoms with Crippen molar-refractivity contribution in [1.82, 2.24) is 29.7 Å². The van der Waals surface area contributed by atoms with E-state index in [-0.39, 0.29) is 24.6 Å². The van der Waals surface area contributed by atoms with Crippen LogP contribution < -0.4 is 10.2 Å². The molecular weight excluding hydrogens is 408 g/mol. The third-order valence-corrected chi connectivity index (χ3v) is 5.86. The van der Waals surface area contributed by atoms with Crippen LogP contribution in [0.25, 0.3) is 11.2 Å². The Balaban J connectivity index is 1.33. The van der Waals surface area contributed by atoms with Crippen LogP contribution in [0.4, 0.5) is 20.4 Å². The Bertz CT molecular complexity index is 1200. The fraction of sp³-hybridized carbons (Fsp3) is 0.421. The number of carbonyl (C=O) groups excluding carboxylic acids is 1. The van der Waals surface area contributed by atoms with Crippen molar-refractivity contribution in [2.75, 3.05) is 23.3 Å². The Kier molecular flexibility index (Phi) is 4.28. The Morgan fingerprint density at radius 3 is 2.68 bits per heavy atom. The van der Waals surface area contributed by atoms with Gasteiger partial charge in [0.25, 0.3) is 5.92 Å². The number of halogens is 2. The van der Waals surface area contributed by atoms with Crippen molar-refractivity contribution < 1.29 is 13.6 Å². The second-order valence-corrected chi connectivity index (χ2v) is 7.84. The molecule has 0 bridgehead atoms. The highest BCUT2D eigenvalue weighted by atomic mass is 19.3. The number of carbonyl (C=O) groups is 1. The van der Waals surface area contributed by atoms with Gasteiger partial charge >= 0.3 is 0 Å². The zero-order valence-electron chi connectivity index (χ0n) is 16.3. The van der Waals surface area contributed by atoms with E-state index in [0.29, 0.717) is 42.8 Å². The lowest BCUT2D eigenvalue weighted by Crippen LogP contribution is -2.50. The Hall–Kier alpha value is -3.75. The van der Waals surface area contributed by atoms with Gasteiger partial charge in [0.2, 0.25) is 5.91 Å². The fourth-order valence-corrected chi connectivity index (χ4v) is 3.86. The minimum Gasteiger partial charge on any atom is -0.349 e. The summed E-state index contributed by atoms with van der Waals surface area (Å²) >= 11 is 0. The molecule has 3 aromatic rings. The Morgan fingerprint density at radius 1 is 1.16 bits per heavy atom. The molecule has 0 radical (unpaired) electrons. The van der Waals surface area contributed by atoms with Crippen molar-refractivity contribution >= 4 is 28.7 Å². The van der Waals surface area contributed by atoms with Crippen molar-refractivity contribution in [2.24, 2.45) is 5.41 Å². The molecule has 158 valence electrons. The summed E-state index contributed by atoms with van der Waals surface area (Å²) in [6, 6.07) is 1.84. The minimum absolute atomic E-state index is 0.134.